The molecule has 1 rings (SSSR count). The summed E-state index contributed by atoms with van der Waals surface area (Å²) < 4.78 is 25.5. The summed E-state index contributed by atoms with van der Waals surface area (Å²) in [5.41, 5.74) is 5.97. The van der Waals surface area contributed by atoms with Gasteiger partial charge in [0.05, 0.1) is 6.42 Å². The second kappa shape index (κ2) is 6.30. The first-order valence-electron chi connectivity index (χ1n) is 5.45. The van der Waals surface area contributed by atoms with Crippen LogP contribution in [0.15, 0.2) is 18.2 Å². The first kappa shape index (κ1) is 13.6. The van der Waals surface area contributed by atoms with Crippen LogP contribution in [0.1, 0.15) is 18.9 Å². The largest absolute Gasteiger partial charge is 0.356 e. The van der Waals surface area contributed by atoms with Crippen LogP contribution in [-0.2, 0) is 11.2 Å². The molecule has 3 nitrogen and oxygen atoms in total. The highest BCUT2D eigenvalue weighted by atomic mass is 19.2. The van der Waals surface area contributed by atoms with Gasteiger partial charge in [0.1, 0.15) is 0 Å². The highest BCUT2D eigenvalue weighted by Crippen LogP contribution is 2.09. The molecular formula is C12H16F2N2O. The Hall–Kier alpha value is -1.49. The fourth-order valence-corrected chi connectivity index (χ4v) is 1.34. The SMILES string of the molecule is CC(N)CCNC(=O)Cc1ccc(F)c(F)c1. The maximum Gasteiger partial charge on any atom is 0.224 e. The Labute approximate surface area is 99.0 Å². The number of amides is 1. The van der Waals surface area contributed by atoms with Crippen molar-refractivity contribution in [3.8, 4) is 0 Å². The van der Waals surface area contributed by atoms with Gasteiger partial charge in [-0.2, -0.15) is 0 Å². The topological polar surface area (TPSA) is 55.1 Å². The Morgan fingerprint density at radius 1 is 1.41 bits per heavy atom. The molecule has 3 N–H and O–H groups in total. The number of nitrogens with two attached hydrogens (primary N) is 1. The summed E-state index contributed by atoms with van der Waals surface area (Å²) in [5, 5.41) is 2.66. The third-order valence-electron chi connectivity index (χ3n) is 2.27. The zero-order valence-electron chi connectivity index (χ0n) is 9.67. The zero-order chi connectivity index (χ0) is 12.8. The van der Waals surface area contributed by atoms with Crippen LogP contribution in [0, 0.1) is 11.6 Å². The lowest BCUT2D eigenvalue weighted by Crippen LogP contribution is -2.30. The molecule has 0 aliphatic carbocycles. The number of nitrogens with one attached hydrogen (secondary N) is 1. The summed E-state index contributed by atoms with van der Waals surface area (Å²) in [7, 11) is 0. The molecule has 1 aromatic carbocycles. The van der Waals surface area contributed by atoms with E-state index in [1.165, 1.54) is 6.07 Å². The number of rotatable bonds is 5. The van der Waals surface area contributed by atoms with E-state index >= 15 is 0 Å². The molecule has 0 radical (unpaired) electrons. The molecule has 0 bridgehead atoms. The van der Waals surface area contributed by atoms with Crippen molar-refractivity contribution in [3.63, 3.8) is 0 Å². The number of hydrogen-bond donors (Lipinski definition) is 2. The van der Waals surface area contributed by atoms with Gasteiger partial charge < -0.3 is 11.1 Å². The second-order valence-electron chi connectivity index (χ2n) is 4.04. The lowest BCUT2D eigenvalue weighted by Gasteiger charge is -2.07. The minimum Gasteiger partial charge on any atom is -0.356 e. The molecule has 0 spiro atoms. The van der Waals surface area contributed by atoms with Crippen LogP contribution in [0.5, 0.6) is 0 Å². The van der Waals surface area contributed by atoms with Crippen LogP contribution >= 0.6 is 0 Å². The molecule has 5 heteroatoms. The van der Waals surface area contributed by atoms with Gasteiger partial charge in [-0.15, -0.1) is 0 Å². The molecule has 0 saturated carbocycles. The summed E-state index contributed by atoms with van der Waals surface area (Å²) in [6.45, 7) is 2.34. The molecule has 1 unspecified atom stereocenters. The van der Waals surface area contributed by atoms with Crippen molar-refractivity contribution in [2.75, 3.05) is 6.54 Å². The van der Waals surface area contributed by atoms with E-state index in [-0.39, 0.29) is 18.4 Å². The Balaban J connectivity index is 2.42. The number of halogens is 2. The van der Waals surface area contributed by atoms with Crippen molar-refractivity contribution in [1.82, 2.24) is 5.32 Å². The maximum atomic E-state index is 12.9. The minimum atomic E-state index is -0.939. The lowest BCUT2D eigenvalue weighted by atomic mass is 10.1. The van der Waals surface area contributed by atoms with Crippen molar-refractivity contribution in [2.45, 2.75) is 25.8 Å². The van der Waals surface area contributed by atoms with Crippen LogP contribution in [0.25, 0.3) is 0 Å². The van der Waals surface area contributed by atoms with Gasteiger partial charge in [-0.3, -0.25) is 4.79 Å². The van der Waals surface area contributed by atoms with E-state index in [2.05, 4.69) is 5.32 Å². The van der Waals surface area contributed by atoms with E-state index in [0.29, 0.717) is 18.5 Å². The molecule has 0 heterocycles. The number of benzene rings is 1. The van der Waals surface area contributed by atoms with Gasteiger partial charge >= 0.3 is 0 Å². The molecular weight excluding hydrogens is 226 g/mol. The summed E-state index contributed by atoms with van der Waals surface area (Å²) in [6, 6.07) is 3.46. The fourth-order valence-electron chi connectivity index (χ4n) is 1.34. The van der Waals surface area contributed by atoms with Gasteiger partial charge in [0.15, 0.2) is 11.6 Å². The average Bonchev–Trinajstić information content (AvgIpc) is 2.23. The molecule has 17 heavy (non-hydrogen) atoms. The van der Waals surface area contributed by atoms with Gasteiger partial charge in [-0.25, -0.2) is 8.78 Å². The quantitative estimate of drug-likeness (QED) is 0.819. The molecule has 94 valence electrons. The van der Waals surface area contributed by atoms with Crippen molar-refractivity contribution < 1.29 is 13.6 Å². The first-order chi connectivity index (χ1) is 7.99. The van der Waals surface area contributed by atoms with E-state index in [1.807, 2.05) is 6.92 Å². The average molecular weight is 242 g/mol. The van der Waals surface area contributed by atoms with Gasteiger partial charge in [-0.05, 0) is 31.0 Å². The van der Waals surface area contributed by atoms with Crippen molar-refractivity contribution in [2.24, 2.45) is 5.73 Å². The molecule has 0 fully saturated rings. The maximum absolute atomic E-state index is 12.9. The number of carbonyl (C=O) groups excluding carboxylic acids is 1. The minimum absolute atomic E-state index is 0.0264. The summed E-state index contributed by atoms with van der Waals surface area (Å²) in [6.07, 6.45) is 0.722. The van der Waals surface area contributed by atoms with Gasteiger partial charge in [0.25, 0.3) is 0 Å². The predicted molar refractivity (Wildman–Crippen MR) is 61.3 cm³/mol. The van der Waals surface area contributed by atoms with Crippen LogP contribution in [0.4, 0.5) is 8.78 Å². The third-order valence-corrected chi connectivity index (χ3v) is 2.27. The summed E-state index contributed by atoms with van der Waals surface area (Å²) >= 11 is 0. The Bertz CT molecular complexity index is 394. The van der Waals surface area contributed by atoms with E-state index in [9.17, 15) is 13.6 Å². The highest BCUT2D eigenvalue weighted by Gasteiger charge is 2.07. The predicted octanol–water partition coefficient (Wildman–Crippen LogP) is 1.36. The van der Waals surface area contributed by atoms with Crippen LogP contribution in [-0.4, -0.2) is 18.5 Å². The van der Waals surface area contributed by atoms with E-state index < -0.39 is 11.6 Å². The number of carbonyl (C=O) groups is 1. The Kier molecular flexibility index (Phi) is 5.03. The summed E-state index contributed by atoms with van der Waals surface area (Å²) in [4.78, 5) is 11.4. The van der Waals surface area contributed by atoms with E-state index in [1.54, 1.807) is 0 Å². The standard InChI is InChI=1S/C12H16F2N2O/c1-8(15)4-5-16-12(17)7-9-2-3-10(13)11(14)6-9/h2-3,6,8H,4-5,7,15H2,1H3,(H,16,17). The van der Waals surface area contributed by atoms with Crippen LogP contribution < -0.4 is 11.1 Å². The third kappa shape index (κ3) is 4.91. The molecule has 1 aromatic rings. The van der Waals surface area contributed by atoms with Crippen molar-refractivity contribution in [1.29, 1.82) is 0 Å². The van der Waals surface area contributed by atoms with E-state index in [0.717, 1.165) is 12.1 Å². The molecule has 1 atom stereocenters. The number of hydrogen-bond acceptors (Lipinski definition) is 2. The van der Waals surface area contributed by atoms with Crippen LogP contribution in [0.3, 0.4) is 0 Å². The van der Waals surface area contributed by atoms with Crippen LogP contribution in [0.2, 0.25) is 0 Å². The second-order valence-corrected chi connectivity index (χ2v) is 4.04. The fraction of sp³-hybridized carbons (Fsp3) is 0.417. The lowest BCUT2D eigenvalue weighted by molar-refractivity contribution is -0.120. The molecule has 0 aliphatic heterocycles. The van der Waals surface area contributed by atoms with Gasteiger partial charge in [-0.1, -0.05) is 6.07 Å². The van der Waals surface area contributed by atoms with Crippen molar-refractivity contribution >= 4 is 5.91 Å². The zero-order valence-corrected chi connectivity index (χ0v) is 9.67. The normalized spacial score (nSPS) is 12.2. The Morgan fingerprint density at radius 3 is 2.71 bits per heavy atom. The van der Waals surface area contributed by atoms with Crippen molar-refractivity contribution in [3.05, 3.63) is 35.4 Å². The molecule has 1 amide bonds. The summed E-state index contributed by atoms with van der Waals surface area (Å²) in [5.74, 6) is -2.08. The molecule has 0 saturated heterocycles. The monoisotopic (exact) mass is 242 g/mol. The highest BCUT2D eigenvalue weighted by molar-refractivity contribution is 5.78. The first-order valence-corrected chi connectivity index (χ1v) is 5.45. The van der Waals surface area contributed by atoms with Gasteiger partial charge in [0, 0.05) is 12.6 Å². The molecule has 0 aliphatic rings. The molecule has 0 aromatic heterocycles. The van der Waals surface area contributed by atoms with Gasteiger partial charge in [0.2, 0.25) is 5.91 Å². The van der Waals surface area contributed by atoms with E-state index in [4.69, 9.17) is 5.73 Å². The smallest absolute Gasteiger partial charge is 0.224 e. The Morgan fingerprint density at radius 2 is 2.12 bits per heavy atom.